The van der Waals surface area contributed by atoms with Gasteiger partial charge in [-0.05, 0) is 50.1 Å². The summed E-state index contributed by atoms with van der Waals surface area (Å²) in [6, 6.07) is 12.6. The third kappa shape index (κ3) is 6.62. The lowest BCUT2D eigenvalue weighted by molar-refractivity contribution is -0.148. The SMILES string of the molecule is CCOc1ccc(C(C)=O)cc1COC(=O)[C@H](NC(=O)Nc1ccccc1)C(C)C. The van der Waals surface area contributed by atoms with Crippen LogP contribution in [0.4, 0.5) is 10.5 Å². The lowest BCUT2D eigenvalue weighted by atomic mass is 10.0. The van der Waals surface area contributed by atoms with Crippen molar-refractivity contribution in [3.05, 3.63) is 59.7 Å². The number of hydrogen-bond donors (Lipinski definition) is 2. The zero-order valence-corrected chi connectivity index (χ0v) is 17.7. The molecule has 2 N–H and O–H groups in total. The van der Waals surface area contributed by atoms with Gasteiger partial charge in [-0.2, -0.15) is 0 Å². The Hall–Kier alpha value is -3.35. The first kappa shape index (κ1) is 22.9. The molecule has 0 spiro atoms. The maximum absolute atomic E-state index is 12.7. The average Bonchev–Trinajstić information content (AvgIpc) is 2.71. The summed E-state index contributed by atoms with van der Waals surface area (Å²) in [4.78, 5) is 36.6. The Morgan fingerprint density at radius 1 is 1.03 bits per heavy atom. The van der Waals surface area contributed by atoms with Crippen molar-refractivity contribution < 1.29 is 23.9 Å². The van der Waals surface area contributed by atoms with Crippen LogP contribution in [-0.2, 0) is 16.1 Å². The fraction of sp³-hybridized carbons (Fsp3) is 0.348. The third-order valence-corrected chi connectivity index (χ3v) is 4.38. The standard InChI is InChI=1S/C23H28N2O5/c1-5-29-20-12-11-17(16(4)26)13-18(20)14-30-22(27)21(15(2)3)25-23(28)24-19-9-7-6-8-10-19/h6-13,15,21H,5,14H2,1-4H3,(H2,24,25,28)/t21-/m1/s1. The van der Waals surface area contributed by atoms with E-state index in [1.807, 2.05) is 26.8 Å². The van der Waals surface area contributed by atoms with Crippen LogP contribution in [0.25, 0.3) is 0 Å². The second kappa shape index (κ2) is 11.0. The molecule has 2 aromatic rings. The van der Waals surface area contributed by atoms with E-state index in [-0.39, 0.29) is 18.3 Å². The molecule has 30 heavy (non-hydrogen) atoms. The number of Topliss-reactive ketones (excluding diaryl/α,β-unsaturated/α-hetero) is 1. The summed E-state index contributed by atoms with van der Waals surface area (Å²) in [6.07, 6.45) is 0. The predicted molar refractivity (Wildman–Crippen MR) is 115 cm³/mol. The minimum absolute atomic E-state index is 0.0690. The van der Waals surface area contributed by atoms with Crippen molar-refractivity contribution in [3.8, 4) is 5.75 Å². The monoisotopic (exact) mass is 412 g/mol. The van der Waals surface area contributed by atoms with Crippen molar-refractivity contribution in [2.45, 2.75) is 40.3 Å². The number of para-hydroxylation sites is 1. The number of carbonyl (C=O) groups excluding carboxylic acids is 3. The maximum atomic E-state index is 12.7. The van der Waals surface area contributed by atoms with E-state index in [0.29, 0.717) is 29.2 Å². The average molecular weight is 412 g/mol. The molecule has 0 saturated carbocycles. The molecule has 0 radical (unpaired) electrons. The molecule has 0 bridgehead atoms. The van der Waals surface area contributed by atoms with E-state index in [1.54, 1.807) is 42.5 Å². The molecule has 2 aromatic carbocycles. The number of nitrogens with one attached hydrogen (secondary N) is 2. The normalized spacial score (nSPS) is 11.5. The third-order valence-electron chi connectivity index (χ3n) is 4.38. The van der Waals surface area contributed by atoms with Gasteiger partial charge in [0.1, 0.15) is 18.4 Å². The first-order valence-electron chi connectivity index (χ1n) is 9.87. The molecule has 0 unspecified atom stereocenters. The molecule has 0 fully saturated rings. The molecule has 2 amide bonds. The molecular weight excluding hydrogens is 384 g/mol. The number of carbonyl (C=O) groups is 3. The van der Waals surface area contributed by atoms with Crippen molar-refractivity contribution in [3.63, 3.8) is 0 Å². The van der Waals surface area contributed by atoms with Gasteiger partial charge in [0, 0.05) is 16.8 Å². The van der Waals surface area contributed by atoms with Gasteiger partial charge in [0.15, 0.2) is 5.78 Å². The summed E-state index contributed by atoms with van der Waals surface area (Å²) in [6.45, 7) is 7.32. The summed E-state index contributed by atoms with van der Waals surface area (Å²) < 4.78 is 11.0. The Kier molecular flexibility index (Phi) is 8.41. The van der Waals surface area contributed by atoms with Gasteiger partial charge in [-0.25, -0.2) is 9.59 Å². The quantitative estimate of drug-likeness (QED) is 0.476. The Balaban J connectivity index is 2.05. The molecular formula is C23H28N2O5. The number of hydrogen-bond acceptors (Lipinski definition) is 5. The summed E-state index contributed by atoms with van der Waals surface area (Å²) in [5, 5.41) is 5.35. The van der Waals surface area contributed by atoms with Crippen LogP contribution in [-0.4, -0.2) is 30.4 Å². The summed E-state index contributed by atoms with van der Waals surface area (Å²) >= 11 is 0. The number of benzene rings is 2. The highest BCUT2D eigenvalue weighted by Crippen LogP contribution is 2.22. The van der Waals surface area contributed by atoms with E-state index >= 15 is 0 Å². The molecule has 0 aliphatic rings. The first-order chi connectivity index (χ1) is 14.3. The summed E-state index contributed by atoms with van der Waals surface area (Å²) in [5.41, 5.74) is 1.72. The predicted octanol–water partition coefficient (Wildman–Crippen LogP) is 4.18. The minimum Gasteiger partial charge on any atom is -0.493 e. The molecule has 0 heterocycles. The fourth-order valence-electron chi connectivity index (χ4n) is 2.77. The highest BCUT2D eigenvalue weighted by molar-refractivity contribution is 5.94. The van der Waals surface area contributed by atoms with E-state index in [9.17, 15) is 14.4 Å². The molecule has 0 saturated heterocycles. The van der Waals surface area contributed by atoms with Crippen molar-refractivity contribution in [1.82, 2.24) is 5.32 Å². The zero-order chi connectivity index (χ0) is 22.1. The lowest BCUT2D eigenvalue weighted by Gasteiger charge is -2.21. The van der Waals surface area contributed by atoms with Gasteiger partial charge in [0.05, 0.1) is 6.61 Å². The Labute approximate surface area is 176 Å². The largest absolute Gasteiger partial charge is 0.493 e. The Bertz CT molecular complexity index is 880. The Morgan fingerprint density at radius 3 is 2.33 bits per heavy atom. The fourth-order valence-corrected chi connectivity index (χ4v) is 2.77. The van der Waals surface area contributed by atoms with E-state index in [1.165, 1.54) is 6.92 Å². The van der Waals surface area contributed by atoms with Gasteiger partial charge in [0.25, 0.3) is 0 Å². The van der Waals surface area contributed by atoms with Crippen molar-refractivity contribution in [1.29, 1.82) is 0 Å². The van der Waals surface area contributed by atoms with Gasteiger partial charge in [-0.1, -0.05) is 32.0 Å². The maximum Gasteiger partial charge on any atom is 0.329 e. The van der Waals surface area contributed by atoms with Crippen molar-refractivity contribution >= 4 is 23.5 Å². The van der Waals surface area contributed by atoms with Gasteiger partial charge < -0.3 is 20.1 Å². The van der Waals surface area contributed by atoms with Gasteiger partial charge in [-0.3, -0.25) is 4.79 Å². The van der Waals surface area contributed by atoms with Crippen molar-refractivity contribution in [2.24, 2.45) is 5.92 Å². The van der Waals surface area contributed by atoms with E-state index in [2.05, 4.69) is 10.6 Å². The van der Waals surface area contributed by atoms with Crippen LogP contribution in [0.5, 0.6) is 5.75 Å². The molecule has 0 aliphatic heterocycles. The van der Waals surface area contributed by atoms with E-state index in [0.717, 1.165) is 0 Å². The topological polar surface area (TPSA) is 93.7 Å². The number of ketones is 1. The van der Waals surface area contributed by atoms with Crippen LogP contribution >= 0.6 is 0 Å². The molecule has 0 aromatic heterocycles. The Morgan fingerprint density at radius 2 is 1.73 bits per heavy atom. The van der Waals surface area contributed by atoms with Crippen LogP contribution in [0.2, 0.25) is 0 Å². The van der Waals surface area contributed by atoms with Crippen LogP contribution in [0.1, 0.15) is 43.6 Å². The number of ether oxygens (including phenoxy) is 2. The number of amides is 2. The van der Waals surface area contributed by atoms with Crippen LogP contribution in [0.3, 0.4) is 0 Å². The second-order valence-electron chi connectivity index (χ2n) is 7.11. The molecule has 1 atom stereocenters. The van der Waals surface area contributed by atoms with Gasteiger partial charge in [-0.15, -0.1) is 0 Å². The minimum atomic E-state index is -0.833. The molecule has 160 valence electrons. The highest BCUT2D eigenvalue weighted by atomic mass is 16.5. The molecule has 0 aliphatic carbocycles. The number of esters is 1. The first-order valence-corrected chi connectivity index (χ1v) is 9.87. The smallest absolute Gasteiger partial charge is 0.329 e. The van der Waals surface area contributed by atoms with E-state index in [4.69, 9.17) is 9.47 Å². The van der Waals surface area contributed by atoms with E-state index < -0.39 is 18.0 Å². The summed E-state index contributed by atoms with van der Waals surface area (Å²) in [7, 11) is 0. The van der Waals surface area contributed by atoms with Gasteiger partial charge >= 0.3 is 12.0 Å². The lowest BCUT2D eigenvalue weighted by Crippen LogP contribution is -2.47. The van der Waals surface area contributed by atoms with Gasteiger partial charge in [0.2, 0.25) is 0 Å². The molecule has 7 heteroatoms. The number of rotatable bonds is 9. The number of anilines is 1. The molecule has 7 nitrogen and oxygen atoms in total. The van der Waals surface area contributed by atoms with Crippen molar-refractivity contribution in [2.75, 3.05) is 11.9 Å². The number of urea groups is 1. The zero-order valence-electron chi connectivity index (χ0n) is 17.7. The molecule has 2 rings (SSSR count). The second-order valence-corrected chi connectivity index (χ2v) is 7.11. The summed E-state index contributed by atoms with van der Waals surface area (Å²) in [5.74, 6) is -0.297. The van der Waals surface area contributed by atoms with Crippen LogP contribution < -0.4 is 15.4 Å². The highest BCUT2D eigenvalue weighted by Gasteiger charge is 2.26. The van der Waals surface area contributed by atoms with Crippen LogP contribution in [0.15, 0.2) is 48.5 Å². The van der Waals surface area contributed by atoms with Crippen LogP contribution in [0, 0.1) is 5.92 Å².